The molecule has 0 aliphatic heterocycles. The van der Waals surface area contributed by atoms with Crippen molar-refractivity contribution < 1.29 is 206 Å². The monoisotopic (exact) mass is 1590 g/mol. The summed E-state index contributed by atoms with van der Waals surface area (Å²) in [7, 11) is -23.2. The van der Waals surface area contributed by atoms with E-state index < -0.39 is 72.3 Å². The molecule has 2 aliphatic rings. The van der Waals surface area contributed by atoms with Crippen LogP contribution >= 0.6 is 0 Å². The molecule has 0 fully saturated rings. The Bertz CT molecular complexity index is 5320. The average molecular weight is 1590 g/mol. The second kappa shape index (κ2) is 40.2. The first-order chi connectivity index (χ1) is 48.2. The van der Waals surface area contributed by atoms with Gasteiger partial charge in [0.25, 0.3) is 10.1 Å². The molecule has 0 aromatic heterocycles. The number of anilines is 2. The van der Waals surface area contributed by atoms with Crippen molar-refractivity contribution >= 4 is 89.9 Å². The van der Waals surface area contributed by atoms with Gasteiger partial charge < -0.3 is 42.6 Å². The number of hydrogen-bond acceptors (Lipinski definition) is 19. The Balaban J connectivity index is 0.000000367. The van der Waals surface area contributed by atoms with E-state index in [0.717, 1.165) is 44.8 Å². The van der Waals surface area contributed by atoms with Crippen LogP contribution in [0.25, 0.3) is 11.1 Å². The third-order valence-corrected chi connectivity index (χ3v) is 22.0. The van der Waals surface area contributed by atoms with Crippen molar-refractivity contribution in [1.82, 2.24) is 0 Å². The topological polar surface area (TPSA) is 357 Å². The molecule has 32 heteroatoms. The Labute approximate surface area is 711 Å². The summed E-state index contributed by atoms with van der Waals surface area (Å²) in [4.78, 5) is 3.56. The summed E-state index contributed by atoms with van der Waals surface area (Å²) >= 11 is -2.51. The second-order valence-electron chi connectivity index (χ2n) is 23.6. The number of likely N-dealkylation sites (N-methyl/N-ethyl adjacent to an activating group) is 1. The fourth-order valence-corrected chi connectivity index (χ4v) is 15.4. The maximum Gasteiger partial charge on any atom is 1.00 e. The largest absolute Gasteiger partial charge is 1.00 e. The van der Waals surface area contributed by atoms with E-state index in [-0.39, 0.29) is 154 Å². The first kappa shape index (κ1) is 91.5. The van der Waals surface area contributed by atoms with Crippen molar-refractivity contribution in [1.29, 1.82) is 0 Å². The maximum absolute atomic E-state index is 12.5. The van der Waals surface area contributed by atoms with Crippen molar-refractivity contribution in [3.63, 3.8) is 0 Å². The van der Waals surface area contributed by atoms with Crippen molar-refractivity contribution in [3.05, 3.63) is 292 Å². The summed E-state index contributed by atoms with van der Waals surface area (Å²) in [5.41, 5.74) is 9.40. The van der Waals surface area contributed by atoms with E-state index in [1.165, 1.54) is 66.7 Å². The summed E-state index contributed by atoms with van der Waals surface area (Å²) in [5.74, 6) is -0.396. The first-order valence-electron chi connectivity index (χ1n) is 31.8. The van der Waals surface area contributed by atoms with E-state index in [2.05, 4.69) is 0 Å². The molecule has 0 heterocycles. The molecule has 2 atom stereocenters. The van der Waals surface area contributed by atoms with Crippen LogP contribution in [-0.4, -0.2) is 121 Å². The van der Waals surface area contributed by atoms with Gasteiger partial charge in [0.1, 0.15) is 65.4 Å². The summed E-state index contributed by atoms with van der Waals surface area (Å²) in [6.45, 7) is 11.6. The third-order valence-electron chi connectivity index (χ3n) is 17.0. The van der Waals surface area contributed by atoms with Gasteiger partial charge in [-0.15, -0.1) is 0 Å². The van der Waals surface area contributed by atoms with Crippen LogP contribution < -0.4 is 133 Å². The number of phenolic OH excluding ortho intramolecular Hbond substituents is 1. The maximum atomic E-state index is 12.5. The molecule has 2 unspecified atom stereocenters. The molecule has 8 aromatic carbocycles. The predicted octanol–water partition coefficient (Wildman–Crippen LogP) is -2.75. The van der Waals surface area contributed by atoms with E-state index in [0.29, 0.717) is 96.9 Å². The number of benzene rings is 8. The van der Waals surface area contributed by atoms with Crippen molar-refractivity contribution in [2.75, 3.05) is 36.0 Å². The van der Waals surface area contributed by atoms with Gasteiger partial charge in [-0.1, -0.05) is 103 Å². The van der Waals surface area contributed by atoms with Crippen LogP contribution in [0.4, 0.5) is 11.4 Å². The van der Waals surface area contributed by atoms with Crippen molar-refractivity contribution in [2.45, 2.75) is 89.3 Å². The predicted molar refractivity (Wildman–Crippen MR) is 383 cm³/mol. The normalized spacial score (nSPS) is 14.0. The number of nitrogens with zero attached hydrogens (tertiary/aromatic N) is 3. The molecule has 0 saturated heterocycles. The van der Waals surface area contributed by atoms with E-state index in [9.17, 15) is 78.7 Å². The molecule has 0 spiro atoms. The van der Waals surface area contributed by atoms with E-state index in [1.807, 2.05) is 90.6 Å². The molecule has 22 nitrogen and oxygen atoms in total. The van der Waals surface area contributed by atoms with Crippen LogP contribution in [0.2, 0.25) is 0 Å². The number of nitrogens with one attached hydrogen (secondary N) is 1. The molecule has 2 aliphatic carbocycles. The molecule has 10 rings (SSSR count). The van der Waals surface area contributed by atoms with Crippen LogP contribution in [0.15, 0.2) is 277 Å². The fourth-order valence-electron chi connectivity index (χ4n) is 12.0. The molecule has 534 valence electrons. The molecule has 106 heavy (non-hydrogen) atoms. The van der Waals surface area contributed by atoms with Crippen LogP contribution in [0.5, 0.6) is 5.75 Å². The zero-order chi connectivity index (χ0) is 73.9. The SMILES string of the molecule is CCN(Cc1cccc(S(=O)(=O)[O-])c1)c1ccc(C(=C2C=CC(=[N+](CC)Cc3cccc(S(=O)(=O)O)c3)C=C2)c2ccc(O)cc2S(=O)(=O)[O-])cc1.CCN(Cc1cccc(S(=O)(=O)[O-])c1)c1ccc(C(=C2C=CC([NH+](CC)Cc3cccc(S(=O)(=O)[O-])c3)C=C2)c2ccccc2S(=O)[O-])cc1.[Na+].[Na+].[Na+].[Na+]. The second-order valence-corrected chi connectivity index (χ2v) is 31.4. The molecule has 3 N–H and O–H groups in total. The van der Waals surface area contributed by atoms with Gasteiger partial charge in [0.05, 0.1) is 31.0 Å². The quantitative estimate of drug-likeness (QED) is 0.0226. The molecule has 0 amide bonds. The standard InChI is InChI=1S/C37H36N2O10S3.C37H38N2O8S3.4Na/c1-3-38(24-26-7-5-9-33(21-26)50(41,42)43)30-15-11-28(12-16-30)37(35-20-19-32(40)23-36(35)52(47,48)49)29-13-17-31(18-14-29)39(4-2)25-27-8-6-10-34(22-27)51(44,45)46;1-3-38(25-27-9-7-11-33(23-27)49(42,43)44)31-19-15-29(16-20-31)37(35-13-5-6-14-36(35)48(40)41)30-17-21-32(22-18-30)39(4-2)26-28-10-8-12-34(24-28)50(45,46)47;;;;/h5-23H,3-4,24-25H2,1-2H3,(H3,41,42,43,44,45,46,47,48,49);5-24,31H,3-4,25-26H2,1-2H3,(H,40,41)(H,42,43,44)(H,45,46,47);;;;/q;;4*+1/p-3. The van der Waals surface area contributed by atoms with Gasteiger partial charge in [0, 0.05) is 71.3 Å². The zero-order valence-electron chi connectivity index (χ0n) is 59.5. The first-order valence-corrected chi connectivity index (χ1v) is 40.0. The minimum atomic E-state index is -5.04. The fraction of sp³-hybridized carbons (Fsp3) is 0.176. The minimum absolute atomic E-state index is 0. The van der Waals surface area contributed by atoms with Crippen molar-refractivity contribution in [2.24, 2.45) is 0 Å². The van der Waals surface area contributed by atoms with E-state index >= 15 is 0 Å². The number of phenols is 1. The Morgan fingerprint density at radius 3 is 1.34 bits per heavy atom. The van der Waals surface area contributed by atoms with Gasteiger partial charge in [-0.2, -0.15) is 8.42 Å². The smallest absolute Gasteiger partial charge is 0.768 e. The van der Waals surface area contributed by atoms with Gasteiger partial charge in [-0.3, -0.25) is 8.76 Å². The third kappa shape index (κ3) is 24.4. The molecule has 8 aromatic rings. The number of quaternary nitrogens is 1. The van der Waals surface area contributed by atoms with Crippen LogP contribution in [0.1, 0.15) is 72.2 Å². The zero-order valence-corrected chi connectivity index (χ0v) is 72.4. The van der Waals surface area contributed by atoms with Crippen LogP contribution in [0.3, 0.4) is 0 Å². The molecule has 0 radical (unpaired) electrons. The summed E-state index contributed by atoms with van der Waals surface area (Å²) in [6.07, 6.45) is 15.1. The van der Waals surface area contributed by atoms with Gasteiger partial charge in [0.15, 0.2) is 12.3 Å². The van der Waals surface area contributed by atoms with E-state index in [4.69, 9.17) is 0 Å². The Kier molecular flexibility index (Phi) is 34.7. The van der Waals surface area contributed by atoms with Crippen LogP contribution in [-0.2, 0) is 87.9 Å². The average Bonchev–Trinajstić information content (AvgIpc) is 0.771. The number of allylic oxidation sites excluding steroid dienone is 8. The van der Waals surface area contributed by atoms with Gasteiger partial charge in [-0.25, -0.2) is 38.2 Å². The summed E-state index contributed by atoms with van der Waals surface area (Å²) in [6, 6.07) is 48.9. The van der Waals surface area contributed by atoms with E-state index in [1.54, 1.807) is 115 Å². The number of hydrogen-bond donors (Lipinski definition) is 3. The van der Waals surface area contributed by atoms with Gasteiger partial charge in [-0.05, 0) is 210 Å². The molecule has 0 bridgehead atoms. The summed E-state index contributed by atoms with van der Waals surface area (Å²) < 4.78 is 201. The molecule has 0 saturated carbocycles. The number of rotatable bonds is 25. The van der Waals surface area contributed by atoms with Crippen molar-refractivity contribution in [3.8, 4) is 5.75 Å². The summed E-state index contributed by atoms with van der Waals surface area (Å²) in [5, 5.41) is 10.1. The molecular formula is C74H71N4Na4O18S6+. The Morgan fingerprint density at radius 1 is 0.481 bits per heavy atom. The Hall–Kier alpha value is -5.11. The minimum Gasteiger partial charge on any atom is -0.768 e. The van der Waals surface area contributed by atoms with Crippen LogP contribution in [0, 0.1) is 0 Å². The Morgan fingerprint density at radius 2 is 0.906 bits per heavy atom. The van der Waals surface area contributed by atoms with Gasteiger partial charge in [0.2, 0.25) is 0 Å². The molecular weight excluding hydrogens is 1520 g/mol. The number of aromatic hydroxyl groups is 1. The van der Waals surface area contributed by atoms with Gasteiger partial charge >= 0.3 is 118 Å².